The van der Waals surface area contributed by atoms with E-state index in [-0.39, 0.29) is 11.7 Å². The molecule has 0 saturated carbocycles. The molecular weight excluding hydrogens is 272 g/mol. The Labute approximate surface area is 121 Å². The van der Waals surface area contributed by atoms with E-state index in [9.17, 15) is 5.11 Å². The monoisotopic (exact) mass is 290 g/mol. The van der Waals surface area contributed by atoms with Crippen molar-refractivity contribution in [1.29, 1.82) is 0 Å². The van der Waals surface area contributed by atoms with Crippen LogP contribution in [0.15, 0.2) is 18.6 Å². The number of aromatic hydroxyl groups is 1. The molecule has 0 atom stereocenters. The lowest BCUT2D eigenvalue weighted by Gasteiger charge is -2.40. The highest BCUT2D eigenvalue weighted by Crippen LogP contribution is 2.33. The highest BCUT2D eigenvalue weighted by Gasteiger charge is 2.32. The van der Waals surface area contributed by atoms with Crippen LogP contribution in [0.3, 0.4) is 0 Å². The van der Waals surface area contributed by atoms with Crippen molar-refractivity contribution < 1.29 is 15.3 Å². The van der Waals surface area contributed by atoms with Gasteiger partial charge in [0.05, 0.1) is 11.3 Å². The van der Waals surface area contributed by atoms with Crippen LogP contribution < -0.4 is 0 Å². The van der Waals surface area contributed by atoms with Crippen LogP contribution in [0, 0.1) is 12.8 Å². The van der Waals surface area contributed by atoms with Gasteiger partial charge in [0.25, 0.3) is 0 Å². The molecule has 0 aliphatic carbocycles. The van der Waals surface area contributed by atoms with E-state index in [4.69, 9.17) is 10.2 Å². The second kappa shape index (κ2) is 5.44. The molecule has 1 aliphatic rings. The number of aromatic nitrogens is 3. The Hall–Kier alpha value is -1.96. The molecule has 21 heavy (non-hydrogen) atoms. The van der Waals surface area contributed by atoms with Gasteiger partial charge < -0.3 is 20.3 Å². The first kappa shape index (κ1) is 14.0. The van der Waals surface area contributed by atoms with Crippen molar-refractivity contribution in [2.45, 2.75) is 19.8 Å². The second-order valence-electron chi connectivity index (χ2n) is 5.40. The molecule has 0 spiro atoms. The predicted molar refractivity (Wildman–Crippen MR) is 75.2 cm³/mol. The zero-order chi connectivity index (χ0) is 15.0. The van der Waals surface area contributed by atoms with Crippen LogP contribution in [0.2, 0.25) is 0 Å². The number of hydrogen-bond donors (Lipinski definition) is 4. The van der Waals surface area contributed by atoms with E-state index in [1.807, 2.05) is 0 Å². The molecule has 1 fully saturated rings. The predicted octanol–water partition coefficient (Wildman–Crippen LogP) is 0.228. The van der Waals surface area contributed by atoms with Crippen LogP contribution in [0.4, 0.5) is 0 Å². The van der Waals surface area contributed by atoms with Gasteiger partial charge in [-0.3, -0.25) is 9.88 Å². The molecule has 2 aromatic rings. The number of likely N-dealkylation sites (tertiary alicyclic amines) is 1. The summed E-state index contributed by atoms with van der Waals surface area (Å²) in [6, 6.07) is 0. The van der Waals surface area contributed by atoms with Crippen molar-refractivity contribution in [3.05, 3.63) is 29.8 Å². The number of rotatable bonds is 4. The van der Waals surface area contributed by atoms with Crippen molar-refractivity contribution >= 4 is 0 Å². The minimum absolute atomic E-state index is 0.107. The van der Waals surface area contributed by atoms with Crippen LogP contribution >= 0.6 is 0 Å². The molecule has 3 heterocycles. The van der Waals surface area contributed by atoms with Gasteiger partial charge in [0, 0.05) is 44.1 Å². The van der Waals surface area contributed by atoms with Crippen LogP contribution in [0.5, 0.6) is 5.75 Å². The minimum atomic E-state index is -1.27. The fraction of sp³-hybridized carbons (Fsp3) is 0.429. The number of imidazole rings is 1. The van der Waals surface area contributed by atoms with E-state index in [0.29, 0.717) is 36.7 Å². The van der Waals surface area contributed by atoms with Gasteiger partial charge in [-0.25, -0.2) is 4.98 Å². The Bertz CT molecular complexity index is 621. The number of nitrogens with zero attached hydrogens (tertiary/aromatic N) is 3. The van der Waals surface area contributed by atoms with E-state index in [1.54, 1.807) is 25.5 Å². The van der Waals surface area contributed by atoms with Gasteiger partial charge in [-0.05, 0) is 12.5 Å². The molecule has 0 aromatic carbocycles. The molecule has 4 N–H and O–H groups in total. The molecule has 7 nitrogen and oxygen atoms in total. The number of aliphatic hydroxyl groups excluding tert-OH is 1. The maximum atomic E-state index is 10.3. The number of pyridine rings is 1. The van der Waals surface area contributed by atoms with Gasteiger partial charge in [0.1, 0.15) is 11.6 Å². The third-order valence-corrected chi connectivity index (χ3v) is 3.85. The van der Waals surface area contributed by atoms with Crippen LogP contribution in [-0.4, -0.2) is 54.6 Å². The number of H-pyrrole nitrogens is 1. The van der Waals surface area contributed by atoms with Crippen molar-refractivity contribution in [2.75, 3.05) is 13.1 Å². The van der Waals surface area contributed by atoms with E-state index < -0.39 is 6.29 Å². The number of nitrogens with one attached hydrogen (secondary N) is 1. The molecule has 0 radical (unpaired) electrons. The van der Waals surface area contributed by atoms with E-state index >= 15 is 0 Å². The summed E-state index contributed by atoms with van der Waals surface area (Å²) in [5.41, 5.74) is 2.07. The summed E-state index contributed by atoms with van der Waals surface area (Å²) in [6.07, 6.45) is 3.80. The quantitative estimate of drug-likeness (QED) is 0.601. The Balaban J connectivity index is 1.84. The van der Waals surface area contributed by atoms with Crippen LogP contribution in [0.1, 0.15) is 11.3 Å². The topological polar surface area (TPSA) is 106 Å². The Morgan fingerprint density at radius 3 is 2.76 bits per heavy atom. The highest BCUT2D eigenvalue weighted by molar-refractivity contribution is 5.68. The number of aryl methyl sites for hydroxylation is 1. The molecule has 7 heteroatoms. The summed E-state index contributed by atoms with van der Waals surface area (Å²) in [7, 11) is 0. The minimum Gasteiger partial charge on any atom is -0.505 e. The van der Waals surface area contributed by atoms with E-state index in [1.165, 1.54) is 0 Å². The van der Waals surface area contributed by atoms with Gasteiger partial charge in [-0.2, -0.15) is 0 Å². The maximum Gasteiger partial charge on any atom is 0.156 e. The number of hydrogen-bond acceptors (Lipinski definition) is 6. The molecule has 0 unspecified atom stereocenters. The van der Waals surface area contributed by atoms with Gasteiger partial charge in [0.15, 0.2) is 6.29 Å². The summed E-state index contributed by atoms with van der Waals surface area (Å²) in [6.45, 7) is 3.56. The lowest BCUT2D eigenvalue weighted by atomic mass is 9.97. The summed E-state index contributed by atoms with van der Waals surface area (Å²) in [5, 5.41) is 28.5. The zero-order valence-electron chi connectivity index (χ0n) is 11.7. The Morgan fingerprint density at radius 1 is 1.38 bits per heavy atom. The molecular formula is C14H18N4O3. The first-order valence-corrected chi connectivity index (χ1v) is 6.82. The van der Waals surface area contributed by atoms with Gasteiger partial charge >= 0.3 is 0 Å². The first-order valence-electron chi connectivity index (χ1n) is 6.82. The third-order valence-electron chi connectivity index (χ3n) is 3.85. The summed E-state index contributed by atoms with van der Waals surface area (Å²) in [5.74, 6) is 0.623. The van der Waals surface area contributed by atoms with E-state index in [2.05, 4.69) is 19.9 Å². The maximum absolute atomic E-state index is 10.3. The van der Waals surface area contributed by atoms with Crippen molar-refractivity contribution in [1.82, 2.24) is 19.9 Å². The van der Waals surface area contributed by atoms with Crippen molar-refractivity contribution in [2.24, 2.45) is 5.92 Å². The number of aromatic amines is 1. The molecule has 1 aliphatic heterocycles. The lowest BCUT2D eigenvalue weighted by Crippen LogP contribution is -2.51. The smallest absolute Gasteiger partial charge is 0.156 e. The second-order valence-corrected chi connectivity index (χ2v) is 5.40. The largest absolute Gasteiger partial charge is 0.505 e. The molecule has 1 saturated heterocycles. The van der Waals surface area contributed by atoms with Gasteiger partial charge in [-0.1, -0.05) is 0 Å². The Kier molecular flexibility index (Phi) is 3.62. The molecule has 3 rings (SSSR count). The van der Waals surface area contributed by atoms with Crippen molar-refractivity contribution in [3.63, 3.8) is 0 Å². The average Bonchev–Trinajstić information content (AvgIpc) is 2.90. The fourth-order valence-electron chi connectivity index (χ4n) is 2.59. The zero-order valence-corrected chi connectivity index (χ0v) is 11.7. The molecule has 0 bridgehead atoms. The molecule has 112 valence electrons. The standard InChI is InChI=1S/C14H18N4O3/c1-8-12(19)11(13-15-2-3-16-13)9(4-17-8)5-18-6-10(7-18)14(20)21/h2-4,10,14,19-21H,5-7H2,1H3,(H,15,16). The van der Waals surface area contributed by atoms with Crippen molar-refractivity contribution in [3.8, 4) is 17.1 Å². The summed E-state index contributed by atoms with van der Waals surface area (Å²) in [4.78, 5) is 13.5. The number of aliphatic hydroxyl groups is 2. The highest BCUT2D eigenvalue weighted by atomic mass is 16.5. The van der Waals surface area contributed by atoms with Gasteiger partial charge in [0.2, 0.25) is 0 Å². The fourth-order valence-corrected chi connectivity index (χ4v) is 2.59. The summed E-state index contributed by atoms with van der Waals surface area (Å²) >= 11 is 0. The van der Waals surface area contributed by atoms with E-state index in [0.717, 1.165) is 5.56 Å². The first-order chi connectivity index (χ1) is 10.1. The van der Waals surface area contributed by atoms with Crippen LogP contribution in [0.25, 0.3) is 11.4 Å². The molecule has 0 amide bonds. The summed E-state index contributed by atoms with van der Waals surface area (Å²) < 4.78 is 0. The van der Waals surface area contributed by atoms with Crippen LogP contribution in [-0.2, 0) is 6.54 Å². The normalized spacial score (nSPS) is 16.4. The SMILES string of the molecule is Cc1ncc(CN2CC(C(O)O)C2)c(-c2ncc[nH]2)c1O. The van der Waals surface area contributed by atoms with Gasteiger partial charge in [-0.15, -0.1) is 0 Å². The molecule has 2 aromatic heterocycles. The Morgan fingerprint density at radius 2 is 2.14 bits per heavy atom. The lowest BCUT2D eigenvalue weighted by molar-refractivity contribution is -0.130. The average molecular weight is 290 g/mol. The third kappa shape index (κ3) is 2.63.